The number of imidazole rings is 1. The highest BCUT2D eigenvalue weighted by atomic mass is 16.5. The van der Waals surface area contributed by atoms with Crippen molar-refractivity contribution in [2.45, 2.75) is 45.4 Å². The van der Waals surface area contributed by atoms with Gasteiger partial charge in [0.1, 0.15) is 5.65 Å². The number of pyridine rings is 1. The van der Waals surface area contributed by atoms with Crippen LogP contribution in [-0.4, -0.2) is 28.1 Å². The molecule has 2 aromatic rings. The molecule has 0 spiro atoms. The predicted octanol–water partition coefficient (Wildman–Crippen LogP) is 2.30. The average molecular weight is 259 g/mol. The van der Waals surface area contributed by atoms with Gasteiger partial charge in [-0.15, -0.1) is 0 Å². The van der Waals surface area contributed by atoms with E-state index in [1.165, 1.54) is 18.5 Å². The fourth-order valence-electron chi connectivity index (χ4n) is 2.76. The van der Waals surface area contributed by atoms with Crippen molar-refractivity contribution in [3.8, 4) is 0 Å². The Labute approximate surface area is 113 Å². The largest absolute Gasteiger partial charge is 0.377 e. The van der Waals surface area contributed by atoms with Gasteiger partial charge in [0, 0.05) is 25.4 Å². The third-order valence-electron chi connectivity index (χ3n) is 3.94. The van der Waals surface area contributed by atoms with Gasteiger partial charge >= 0.3 is 0 Å². The van der Waals surface area contributed by atoms with E-state index < -0.39 is 0 Å². The molecule has 0 amide bonds. The number of nitrogens with zero attached hydrogens (tertiary/aromatic N) is 2. The fourth-order valence-corrected chi connectivity index (χ4v) is 2.76. The smallest absolute Gasteiger partial charge is 0.137 e. The van der Waals surface area contributed by atoms with Gasteiger partial charge in [0.05, 0.1) is 17.5 Å². The number of hydrogen-bond acceptors (Lipinski definition) is 3. The number of rotatable bonds is 4. The van der Waals surface area contributed by atoms with Crippen LogP contribution in [0.2, 0.25) is 0 Å². The topological polar surface area (TPSA) is 38.6 Å². The molecule has 1 N–H and O–H groups in total. The van der Waals surface area contributed by atoms with Crippen LogP contribution in [0.25, 0.3) is 5.65 Å². The number of hydrogen-bond donors (Lipinski definition) is 1. The fraction of sp³-hybridized carbons (Fsp3) is 0.533. The van der Waals surface area contributed by atoms with Gasteiger partial charge in [0.2, 0.25) is 0 Å². The molecule has 1 aliphatic rings. The second-order valence-electron chi connectivity index (χ2n) is 5.29. The zero-order valence-corrected chi connectivity index (χ0v) is 11.6. The maximum atomic E-state index is 5.72. The summed E-state index contributed by atoms with van der Waals surface area (Å²) < 4.78 is 7.87. The normalized spacial score (nSPS) is 21.1. The number of aryl methyl sites for hydroxylation is 1. The lowest BCUT2D eigenvalue weighted by atomic mass is 10.1. The number of aromatic nitrogens is 2. The van der Waals surface area contributed by atoms with E-state index in [4.69, 9.17) is 4.74 Å². The molecule has 2 atom stereocenters. The first kappa shape index (κ1) is 12.6. The van der Waals surface area contributed by atoms with Crippen molar-refractivity contribution in [2.75, 3.05) is 6.61 Å². The lowest BCUT2D eigenvalue weighted by Crippen LogP contribution is -2.36. The van der Waals surface area contributed by atoms with Crippen LogP contribution in [0.1, 0.15) is 31.2 Å². The molecular formula is C15H21N3O. The summed E-state index contributed by atoms with van der Waals surface area (Å²) >= 11 is 0. The van der Waals surface area contributed by atoms with Crippen molar-refractivity contribution in [3.63, 3.8) is 0 Å². The second-order valence-corrected chi connectivity index (χ2v) is 5.29. The van der Waals surface area contributed by atoms with Crippen molar-refractivity contribution >= 4 is 5.65 Å². The Morgan fingerprint density at radius 1 is 1.53 bits per heavy atom. The van der Waals surface area contributed by atoms with Crippen LogP contribution in [0.5, 0.6) is 0 Å². The van der Waals surface area contributed by atoms with Gasteiger partial charge in [-0.2, -0.15) is 0 Å². The zero-order valence-electron chi connectivity index (χ0n) is 11.6. The molecule has 1 aliphatic heterocycles. The highest BCUT2D eigenvalue weighted by Crippen LogP contribution is 2.17. The second kappa shape index (κ2) is 5.31. The molecule has 4 heteroatoms. The molecule has 0 bridgehead atoms. The van der Waals surface area contributed by atoms with E-state index >= 15 is 0 Å². The average Bonchev–Trinajstić information content (AvgIpc) is 3.03. The van der Waals surface area contributed by atoms with E-state index in [0.717, 1.165) is 24.5 Å². The van der Waals surface area contributed by atoms with Crippen LogP contribution in [0, 0.1) is 6.92 Å². The minimum absolute atomic E-state index is 0.361. The number of fused-ring (bicyclic) bond motifs is 1. The van der Waals surface area contributed by atoms with E-state index in [-0.39, 0.29) is 0 Å². The van der Waals surface area contributed by atoms with Crippen LogP contribution in [0.4, 0.5) is 0 Å². The molecule has 1 fully saturated rings. The van der Waals surface area contributed by atoms with Gasteiger partial charge in [0.15, 0.2) is 0 Å². The Morgan fingerprint density at radius 3 is 3.21 bits per heavy atom. The quantitative estimate of drug-likeness (QED) is 0.915. The molecule has 3 heterocycles. The molecule has 0 radical (unpaired) electrons. The Kier molecular flexibility index (Phi) is 3.53. The monoisotopic (exact) mass is 259 g/mol. The molecule has 2 aromatic heterocycles. The molecule has 4 nitrogen and oxygen atoms in total. The first-order valence-electron chi connectivity index (χ1n) is 7.03. The summed E-state index contributed by atoms with van der Waals surface area (Å²) in [7, 11) is 0. The molecule has 0 aliphatic carbocycles. The molecule has 2 unspecified atom stereocenters. The summed E-state index contributed by atoms with van der Waals surface area (Å²) in [6, 6.07) is 6.49. The Morgan fingerprint density at radius 2 is 2.42 bits per heavy atom. The van der Waals surface area contributed by atoms with Crippen LogP contribution in [0.3, 0.4) is 0 Å². The molecule has 0 saturated carbocycles. The van der Waals surface area contributed by atoms with E-state index in [0.29, 0.717) is 12.1 Å². The molecule has 19 heavy (non-hydrogen) atoms. The van der Waals surface area contributed by atoms with Gasteiger partial charge in [0.25, 0.3) is 0 Å². The van der Waals surface area contributed by atoms with Crippen molar-refractivity contribution < 1.29 is 4.74 Å². The standard InChI is InChI=1S/C15H21N3O/c1-11-13(18-8-4-3-7-15(18)17-11)10-16-12(2)14-6-5-9-19-14/h3-4,7-8,12,14,16H,5-6,9-10H2,1-2H3. The third-order valence-corrected chi connectivity index (χ3v) is 3.94. The summed E-state index contributed by atoms with van der Waals surface area (Å²) in [5.41, 5.74) is 3.35. The van der Waals surface area contributed by atoms with Crippen LogP contribution in [-0.2, 0) is 11.3 Å². The summed E-state index contributed by atoms with van der Waals surface area (Å²) in [4.78, 5) is 4.58. The summed E-state index contributed by atoms with van der Waals surface area (Å²) in [5, 5.41) is 3.57. The summed E-state index contributed by atoms with van der Waals surface area (Å²) in [6.07, 6.45) is 4.79. The lowest BCUT2D eigenvalue weighted by molar-refractivity contribution is 0.0830. The maximum absolute atomic E-state index is 5.72. The van der Waals surface area contributed by atoms with E-state index in [1.807, 2.05) is 18.2 Å². The van der Waals surface area contributed by atoms with E-state index in [9.17, 15) is 0 Å². The lowest BCUT2D eigenvalue weighted by Gasteiger charge is -2.20. The maximum Gasteiger partial charge on any atom is 0.137 e. The SMILES string of the molecule is Cc1nc2ccccn2c1CNC(C)C1CCCO1. The third kappa shape index (κ3) is 2.51. The van der Waals surface area contributed by atoms with Gasteiger partial charge in [-0.3, -0.25) is 0 Å². The van der Waals surface area contributed by atoms with Gasteiger partial charge < -0.3 is 14.5 Å². The summed E-state index contributed by atoms with van der Waals surface area (Å²) in [6.45, 7) is 6.01. The van der Waals surface area contributed by atoms with Gasteiger partial charge in [-0.1, -0.05) is 6.07 Å². The molecule has 1 saturated heterocycles. The molecule has 0 aromatic carbocycles. The van der Waals surface area contributed by atoms with Crippen LogP contribution in [0.15, 0.2) is 24.4 Å². The Balaban J connectivity index is 1.72. The first-order valence-corrected chi connectivity index (χ1v) is 7.03. The van der Waals surface area contributed by atoms with Crippen LogP contribution >= 0.6 is 0 Å². The Bertz CT molecular complexity index is 558. The van der Waals surface area contributed by atoms with E-state index in [2.05, 4.69) is 34.7 Å². The zero-order chi connectivity index (χ0) is 13.2. The number of ether oxygens (including phenoxy) is 1. The van der Waals surface area contributed by atoms with Gasteiger partial charge in [-0.05, 0) is 38.8 Å². The van der Waals surface area contributed by atoms with Crippen molar-refractivity contribution in [1.29, 1.82) is 0 Å². The molecular weight excluding hydrogens is 238 g/mol. The predicted molar refractivity (Wildman–Crippen MR) is 75.2 cm³/mol. The highest BCUT2D eigenvalue weighted by molar-refractivity contribution is 5.42. The molecule has 102 valence electrons. The molecule has 3 rings (SSSR count). The van der Waals surface area contributed by atoms with Gasteiger partial charge in [-0.25, -0.2) is 4.98 Å². The minimum atomic E-state index is 0.361. The van der Waals surface area contributed by atoms with Crippen LogP contribution < -0.4 is 5.32 Å². The first-order chi connectivity index (χ1) is 9.25. The Hall–Kier alpha value is -1.39. The van der Waals surface area contributed by atoms with E-state index in [1.54, 1.807) is 0 Å². The summed E-state index contributed by atoms with van der Waals surface area (Å²) in [5.74, 6) is 0. The number of nitrogens with one attached hydrogen (secondary N) is 1. The minimum Gasteiger partial charge on any atom is -0.377 e. The highest BCUT2D eigenvalue weighted by Gasteiger charge is 2.22. The van der Waals surface area contributed by atoms with Crippen molar-refractivity contribution in [3.05, 3.63) is 35.8 Å². The van der Waals surface area contributed by atoms with Crippen molar-refractivity contribution in [2.24, 2.45) is 0 Å². The van der Waals surface area contributed by atoms with Crippen molar-refractivity contribution in [1.82, 2.24) is 14.7 Å².